The van der Waals surface area contributed by atoms with E-state index in [1.165, 1.54) is 12.8 Å². The van der Waals surface area contributed by atoms with Crippen LogP contribution in [0, 0.1) is 5.92 Å². The summed E-state index contributed by atoms with van der Waals surface area (Å²) in [5.41, 5.74) is 6.59. The molecule has 3 rings (SSSR count). The molecule has 2 aromatic rings. The molecule has 5 heteroatoms. The molecule has 0 aliphatic carbocycles. The van der Waals surface area contributed by atoms with Crippen molar-refractivity contribution in [2.45, 2.75) is 19.3 Å². The number of piperidine rings is 1. The predicted octanol–water partition coefficient (Wildman–Crippen LogP) is 1.91. The molecule has 2 aromatic heterocycles. The van der Waals surface area contributed by atoms with Gasteiger partial charge in [-0.05, 0) is 49.4 Å². The third-order valence-electron chi connectivity index (χ3n) is 3.73. The van der Waals surface area contributed by atoms with Gasteiger partial charge in [0.1, 0.15) is 11.6 Å². The summed E-state index contributed by atoms with van der Waals surface area (Å²) in [6.45, 7) is 2.12. The van der Waals surface area contributed by atoms with E-state index in [0.29, 0.717) is 11.7 Å². The minimum absolute atomic E-state index is 0.479. The minimum atomic E-state index is 0.479. The van der Waals surface area contributed by atoms with E-state index in [1.807, 2.05) is 30.5 Å². The Bertz CT molecular complexity index is 540. The molecular weight excluding hydrogens is 250 g/mol. The zero-order valence-electron chi connectivity index (χ0n) is 11.4. The molecule has 1 aliphatic heterocycles. The molecule has 0 spiro atoms. The fourth-order valence-corrected chi connectivity index (χ4v) is 2.76. The highest BCUT2D eigenvalue weighted by Gasteiger charge is 2.21. The Balaban J connectivity index is 1.65. The predicted molar refractivity (Wildman–Crippen MR) is 79.3 cm³/mol. The van der Waals surface area contributed by atoms with Crippen LogP contribution >= 0.6 is 0 Å². The van der Waals surface area contributed by atoms with Crippen molar-refractivity contribution >= 4 is 11.6 Å². The van der Waals surface area contributed by atoms with Crippen LogP contribution in [0.1, 0.15) is 18.5 Å². The van der Waals surface area contributed by atoms with E-state index in [4.69, 9.17) is 5.73 Å². The Hall–Kier alpha value is -2.17. The van der Waals surface area contributed by atoms with Crippen molar-refractivity contribution in [2.75, 3.05) is 23.7 Å². The average Bonchev–Trinajstić information content (AvgIpc) is 2.51. The first kappa shape index (κ1) is 12.8. The summed E-state index contributed by atoms with van der Waals surface area (Å²) in [7, 11) is 0. The maximum atomic E-state index is 5.57. The topological polar surface area (TPSA) is 67.9 Å². The van der Waals surface area contributed by atoms with E-state index in [1.54, 1.807) is 0 Å². The highest BCUT2D eigenvalue weighted by molar-refractivity contribution is 5.38. The second-order valence-electron chi connectivity index (χ2n) is 5.30. The molecule has 104 valence electrons. The molecule has 0 saturated carbocycles. The van der Waals surface area contributed by atoms with Crippen LogP contribution in [0.5, 0.6) is 0 Å². The van der Waals surface area contributed by atoms with E-state index in [0.717, 1.165) is 31.0 Å². The lowest BCUT2D eigenvalue weighted by atomic mass is 9.93. The number of pyridine rings is 1. The molecule has 0 bridgehead atoms. The van der Waals surface area contributed by atoms with Gasteiger partial charge in [0.2, 0.25) is 0 Å². The standard InChI is InChI=1S/C15H19N5/c16-14-7-6-13(18-19-14)10-12-4-3-9-20(11-12)15-5-1-2-8-17-15/h1-2,5-8,12H,3-4,9-11H2,(H2,16,19)/t12-/m1/s1. The van der Waals surface area contributed by atoms with Crippen LogP contribution in [0.15, 0.2) is 36.5 Å². The summed E-state index contributed by atoms with van der Waals surface area (Å²) in [5, 5.41) is 8.08. The molecule has 1 fully saturated rings. The first-order valence-electron chi connectivity index (χ1n) is 7.05. The summed E-state index contributed by atoms with van der Waals surface area (Å²) in [5.74, 6) is 2.15. The Morgan fingerprint density at radius 1 is 1.20 bits per heavy atom. The Kier molecular flexibility index (Phi) is 3.76. The monoisotopic (exact) mass is 269 g/mol. The number of hydrogen-bond acceptors (Lipinski definition) is 5. The number of nitrogen functional groups attached to an aromatic ring is 1. The lowest BCUT2D eigenvalue weighted by Crippen LogP contribution is -2.36. The van der Waals surface area contributed by atoms with Crippen LogP contribution in [-0.4, -0.2) is 28.3 Å². The van der Waals surface area contributed by atoms with Gasteiger partial charge in [0.05, 0.1) is 5.69 Å². The van der Waals surface area contributed by atoms with Crippen molar-refractivity contribution in [3.8, 4) is 0 Å². The molecule has 0 unspecified atom stereocenters. The van der Waals surface area contributed by atoms with Crippen LogP contribution in [-0.2, 0) is 6.42 Å². The number of nitrogens with zero attached hydrogens (tertiary/aromatic N) is 4. The van der Waals surface area contributed by atoms with Crippen molar-refractivity contribution in [3.05, 3.63) is 42.2 Å². The molecule has 1 saturated heterocycles. The van der Waals surface area contributed by atoms with Gasteiger partial charge in [0.25, 0.3) is 0 Å². The van der Waals surface area contributed by atoms with Crippen molar-refractivity contribution in [3.63, 3.8) is 0 Å². The molecule has 1 atom stereocenters. The molecule has 2 N–H and O–H groups in total. The molecular formula is C15H19N5. The molecule has 0 aromatic carbocycles. The summed E-state index contributed by atoms with van der Waals surface area (Å²) in [6, 6.07) is 9.86. The molecule has 20 heavy (non-hydrogen) atoms. The fraction of sp³-hybridized carbons (Fsp3) is 0.400. The number of hydrogen-bond donors (Lipinski definition) is 1. The van der Waals surface area contributed by atoms with Gasteiger partial charge in [0.15, 0.2) is 0 Å². The van der Waals surface area contributed by atoms with Crippen LogP contribution in [0.3, 0.4) is 0 Å². The Morgan fingerprint density at radius 2 is 2.15 bits per heavy atom. The maximum absolute atomic E-state index is 5.57. The normalized spacial score (nSPS) is 19.0. The third kappa shape index (κ3) is 3.04. The SMILES string of the molecule is Nc1ccc(C[C@H]2CCCN(c3ccccn3)C2)nn1. The highest BCUT2D eigenvalue weighted by atomic mass is 15.2. The molecule has 0 amide bonds. The maximum Gasteiger partial charge on any atom is 0.146 e. The van der Waals surface area contributed by atoms with Gasteiger partial charge in [-0.2, -0.15) is 5.10 Å². The average molecular weight is 269 g/mol. The second-order valence-corrected chi connectivity index (χ2v) is 5.30. The summed E-state index contributed by atoms with van der Waals surface area (Å²) in [4.78, 5) is 6.80. The van der Waals surface area contributed by atoms with E-state index in [2.05, 4.69) is 26.1 Å². The van der Waals surface area contributed by atoms with E-state index in [9.17, 15) is 0 Å². The summed E-state index contributed by atoms with van der Waals surface area (Å²) in [6.07, 6.45) is 5.24. The number of rotatable bonds is 3. The Labute approximate surface area is 118 Å². The molecule has 0 radical (unpaired) electrons. The largest absolute Gasteiger partial charge is 0.382 e. The number of aromatic nitrogens is 3. The van der Waals surface area contributed by atoms with Crippen LogP contribution < -0.4 is 10.6 Å². The van der Waals surface area contributed by atoms with Crippen molar-refractivity contribution in [1.82, 2.24) is 15.2 Å². The van der Waals surface area contributed by atoms with Gasteiger partial charge < -0.3 is 10.6 Å². The highest BCUT2D eigenvalue weighted by Crippen LogP contribution is 2.23. The van der Waals surface area contributed by atoms with E-state index < -0.39 is 0 Å². The zero-order chi connectivity index (χ0) is 13.8. The first-order valence-corrected chi connectivity index (χ1v) is 7.05. The van der Waals surface area contributed by atoms with Gasteiger partial charge >= 0.3 is 0 Å². The van der Waals surface area contributed by atoms with Gasteiger partial charge in [-0.15, -0.1) is 5.10 Å². The van der Waals surface area contributed by atoms with Crippen molar-refractivity contribution in [1.29, 1.82) is 0 Å². The first-order chi connectivity index (χ1) is 9.81. The van der Waals surface area contributed by atoms with Crippen molar-refractivity contribution in [2.24, 2.45) is 5.92 Å². The second kappa shape index (κ2) is 5.86. The lowest BCUT2D eigenvalue weighted by molar-refractivity contribution is 0.407. The van der Waals surface area contributed by atoms with E-state index in [-0.39, 0.29) is 0 Å². The summed E-state index contributed by atoms with van der Waals surface area (Å²) >= 11 is 0. The fourth-order valence-electron chi connectivity index (χ4n) is 2.76. The van der Waals surface area contributed by atoms with Gasteiger partial charge in [0, 0.05) is 19.3 Å². The van der Waals surface area contributed by atoms with Crippen LogP contribution in [0.2, 0.25) is 0 Å². The van der Waals surface area contributed by atoms with Gasteiger partial charge in [-0.1, -0.05) is 6.07 Å². The molecule has 5 nitrogen and oxygen atoms in total. The Morgan fingerprint density at radius 3 is 2.90 bits per heavy atom. The molecule has 1 aliphatic rings. The quantitative estimate of drug-likeness (QED) is 0.922. The summed E-state index contributed by atoms with van der Waals surface area (Å²) < 4.78 is 0. The number of nitrogens with two attached hydrogens (primary N) is 1. The smallest absolute Gasteiger partial charge is 0.146 e. The minimum Gasteiger partial charge on any atom is -0.382 e. The molecule has 3 heterocycles. The van der Waals surface area contributed by atoms with E-state index >= 15 is 0 Å². The van der Waals surface area contributed by atoms with Crippen LogP contribution in [0.25, 0.3) is 0 Å². The third-order valence-corrected chi connectivity index (χ3v) is 3.73. The van der Waals surface area contributed by atoms with Crippen LogP contribution in [0.4, 0.5) is 11.6 Å². The number of anilines is 2. The zero-order valence-corrected chi connectivity index (χ0v) is 11.4. The van der Waals surface area contributed by atoms with Gasteiger partial charge in [-0.3, -0.25) is 0 Å². The lowest BCUT2D eigenvalue weighted by Gasteiger charge is -2.33. The van der Waals surface area contributed by atoms with Gasteiger partial charge in [-0.25, -0.2) is 4.98 Å². The van der Waals surface area contributed by atoms with Crippen molar-refractivity contribution < 1.29 is 0 Å².